The normalized spacial score (nSPS) is 13.9. The highest BCUT2D eigenvalue weighted by Gasteiger charge is 2.22. The zero-order chi connectivity index (χ0) is 21.6. The molecule has 8 nitrogen and oxygen atoms in total. The number of pyridine rings is 1. The van der Waals surface area contributed by atoms with E-state index in [4.69, 9.17) is 21.7 Å². The monoisotopic (exact) mass is 438 g/mol. The van der Waals surface area contributed by atoms with E-state index < -0.39 is 0 Å². The molecular weight excluding hydrogens is 412 g/mol. The fourth-order valence-corrected chi connectivity index (χ4v) is 4.00. The summed E-state index contributed by atoms with van der Waals surface area (Å²) >= 11 is 5.61. The van der Waals surface area contributed by atoms with Crippen LogP contribution in [0.2, 0.25) is 0 Å². The highest BCUT2D eigenvalue weighted by atomic mass is 32.1. The first-order valence-corrected chi connectivity index (χ1v) is 10.6. The lowest BCUT2D eigenvalue weighted by atomic mass is 10.2. The van der Waals surface area contributed by atoms with Crippen LogP contribution in [0.25, 0.3) is 10.9 Å². The summed E-state index contributed by atoms with van der Waals surface area (Å²) in [6, 6.07) is 7.86. The number of anilines is 1. The first-order valence-electron chi connectivity index (χ1n) is 10.2. The van der Waals surface area contributed by atoms with Gasteiger partial charge in [-0.05, 0) is 36.3 Å². The van der Waals surface area contributed by atoms with Gasteiger partial charge in [-0.25, -0.2) is 9.97 Å². The van der Waals surface area contributed by atoms with Crippen LogP contribution in [0.15, 0.2) is 43.0 Å². The lowest BCUT2D eigenvalue weighted by molar-refractivity contribution is 0.355. The molecule has 1 fully saturated rings. The lowest BCUT2D eigenvalue weighted by Gasteiger charge is -2.37. The van der Waals surface area contributed by atoms with E-state index in [2.05, 4.69) is 36.1 Å². The van der Waals surface area contributed by atoms with Crippen LogP contribution in [0.4, 0.5) is 5.82 Å². The van der Waals surface area contributed by atoms with Gasteiger partial charge in [0.1, 0.15) is 12.1 Å². The molecule has 0 atom stereocenters. The van der Waals surface area contributed by atoms with Crippen LogP contribution in [0, 0.1) is 0 Å². The smallest absolute Gasteiger partial charge is 0.169 e. The lowest BCUT2D eigenvalue weighted by Crippen LogP contribution is -2.52. The maximum atomic E-state index is 5.61. The Morgan fingerprint density at radius 3 is 2.58 bits per heavy atom. The van der Waals surface area contributed by atoms with E-state index in [9.17, 15) is 0 Å². The van der Waals surface area contributed by atoms with Crippen molar-refractivity contribution in [2.45, 2.75) is 6.42 Å². The van der Waals surface area contributed by atoms with E-state index in [1.165, 1.54) is 5.56 Å². The third kappa shape index (κ3) is 4.77. The Hall–Kier alpha value is -3.20. The molecule has 0 unspecified atom stereocenters. The van der Waals surface area contributed by atoms with E-state index in [0.717, 1.165) is 61.0 Å². The van der Waals surface area contributed by atoms with E-state index in [0.29, 0.717) is 11.5 Å². The molecule has 31 heavy (non-hydrogen) atoms. The number of aromatic nitrogens is 3. The van der Waals surface area contributed by atoms with E-state index in [1.54, 1.807) is 26.7 Å². The van der Waals surface area contributed by atoms with Crippen LogP contribution in [-0.4, -0.2) is 71.9 Å². The molecule has 1 aliphatic heterocycles. The molecule has 3 heterocycles. The minimum atomic E-state index is 0.659. The topological polar surface area (TPSA) is 75.6 Å². The predicted octanol–water partition coefficient (Wildman–Crippen LogP) is 2.28. The molecule has 1 N–H and O–H groups in total. The number of hydrogen-bond donors (Lipinski definition) is 1. The second-order valence-corrected chi connectivity index (χ2v) is 7.63. The molecule has 9 heteroatoms. The molecule has 1 aliphatic rings. The van der Waals surface area contributed by atoms with E-state index in [-0.39, 0.29) is 0 Å². The molecule has 0 bridgehead atoms. The van der Waals surface area contributed by atoms with Gasteiger partial charge in [-0.2, -0.15) is 0 Å². The van der Waals surface area contributed by atoms with Gasteiger partial charge in [-0.3, -0.25) is 4.98 Å². The van der Waals surface area contributed by atoms with E-state index >= 15 is 0 Å². The van der Waals surface area contributed by atoms with Gasteiger partial charge < -0.3 is 24.6 Å². The van der Waals surface area contributed by atoms with Crippen molar-refractivity contribution in [3.63, 3.8) is 0 Å². The molecule has 1 aromatic carbocycles. The van der Waals surface area contributed by atoms with Gasteiger partial charge in [0.2, 0.25) is 0 Å². The SMILES string of the molecule is COc1cc2ncnc(N3CCN(C(=S)NCCc4cccnc4)CC3)c2cc1OC. The summed E-state index contributed by atoms with van der Waals surface area (Å²) in [6.45, 7) is 4.10. The van der Waals surface area contributed by atoms with Crippen molar-refractivity contribution in [3.05, 3.63) is 48.5 Å². The second-order valence-electron chi connectivity index (χ2n) is 7.24. The van der Waals surface area contributed by atoms with Crippen LogP contribution in [0.1, 0.15) is 5.56 Å². The molecule has 0 amide bonds. The van der Waals surface area contributed by atoms with Crippen molar-refractivity contribution in [1.29, 1.82) is 0 Å². The maximum absolute atomic E-state index is 5.61. The van der Waals surface area contributed by atoms with Crippen molar-refractivity contribution in [2.75, 3.05) is 51.8 Å². The Balaban J connectivity index is 1.38. The number of piperazine rings is 1. The third-order valence-electron chi connectivity index (χ3n) is 5.40. The molecular formula is C22H26N6O2S. The Kier molecular flexibility index (Phi) is 6.61. The number of methoxy groups -OCH3 is 2. The molecule has 0 radical (unpaired) electrons. The first kappa shape index (κ1) is 21.0. The highest BCUT2D eigenvalue weighted by Crippen LogP contribution is 2.34. The Bertz CT molecular complexity index is 1040. The standard InChI is InChI=1S/C22H26N6O2S/c1-29-19-12-17-18(13-20(19)30-2)25-15-26-21(17)27-8-10-28(11-9-27)22(31)24-7-5-16-4-3-6-23-14-16/h3-4,6,12-15H,5,7-11H2,1-2H3,(H,24,31). The van der Waals surface area contributed by atoms with Crippen LogP contribution in [-0.2, 0) is 6.42 Å². The Morgan fingerprint density at radius 1 is 1.10 bits per heavy atom. The van der Waals surface area contributed by atoms with Crippen LogP contribution >= 0.6 is 12.2 Å². The van der Waals surface area contributed by atoms with Crippen LogP contribution in [0.5, 0.6) is 11.5 Å². The van der Waals surface area contributed by atoms with E-state index in [1.807, 2.05) is 24.4 Å². The predicted molar refractivity (Wildman–Crippen MR) is 125 cm³/mol. The number of rotatable bonds is 6. The Morgan fingerprint density at radius 2 is 1.87 bits per heavy atom. The van der Waals surface area contributed by atoms with Crippen molar-refractivity contribution in [1.82, 2.24) is 25.2 Å². The highest BCUT2D eigenvalue weighted by molar-refractivity contribution is 7.80. The average Bonchev–Trinajstić information content (AvgIpc) is 2.83. The van der Waals surface area contributed by atoms with Crippen LogP contribution < -0.4 is 19.7 Å². The third-order valence-corrected chi connectivity index (χ3v) is 5.80. The number of benzene rings is 1. The summed E-state index contributed by atoms with van der Waals surface area (Å²) in [6.07, 6.45) is 6.17. The summed E-state index contributed by atoms with van der Waals surface area (Å²) in [4.78, 5) is 17.6. The molecule has 0 aliphatic carbocycles. The molecule has 0 spiro atoms. The second kappa shape index (κ2) is 9.74. The fraction of sp³-hybridized carbons (Fsp3) is 0.364. The van der Waals surface area contributed by atoms with Crippen molar-refractivity contribution < 1.29 is 9.47 Å². The maximum Gasteiger partial charge on any atom is 0.169 e. The van der Waals surface area contributed by atoms with Crippen LogP contribution in [0.3, 0.4) is 0 Å². The number of ether oxygens (including phenoxy) is 2. The molecule has 3 aromatic rings. The van der Waals surface area contributed by atoms with Gasteiger partial charge in [0.15, 0.2) is 16.6 Å². The quantitative estimate of drug-likeness (QED) is 0.583. The van der Waals surface area contributed by atoms with Gasteiger partial charge in [0.05, 0.1) is 19.7 Å². The summed E-state index contributed by atoms with van der Waals surface area (Å²) in [5, 5.41) is 5.11. The number of fused-ring (bicyclic) bond motifs is 1. The molecule has 1 saturated heterocycles. The molecule has 0 saturated carbocycles. The molecule has 2 aromatic heterocycles. The summed E-state index contributed by atoms with van der Waals surface area (Å²) in [5.41, 5.74) is 2.03. The van der Waals surface area contributed by atoms with Crippen molar-refractivity contribution in [2.24, 2.45) is 0 Å². The largest absolute Gasteiger partial charge is 0.493 e. The van der Waals surface area contributed by atoms with Gasteiger partial charge in [0.25, 0.3) is 0 Å². The number of nitrogens with zero attached hydrogens (tertiary/aromatic N) is 5. The zero-order valence-corrected chi connectivity index (χ0v) is 18.6. The summed E-state index contributed by atoms with van der Waals surface area (Å²) in [7, 11) is 3.26. The van der Waals surface area contributed by atoms with Crippen molar-refractivity contribution in [3.8, 4) is 11.5 Å². The summed E-state index contributed by atoms with van der Waals surface area (Å²) in [5.74, 6) is 2.23. The number of hydrogen-bond acceptors (Lipinski definition) is 7. The van der Waals surface area contributed by atoms with Gasteiger partial charge >= 0.3 is 0 Å². The first-order chi connectivity index (χ1) is 15.2. The average molecular weight is 439 g/mol. The fourth-order valence-electron chi connectivity index (χ4n) is 3.71. The van der Waals surface area contributed by atoms with Crippen molar-refractivity contribution >= 4 is 34.1 Å². The minimum absolute atomic E-state index is 0.659. The molecule has 4 rings (SSSR count). The summed E-state index contributed by atoms with van der Waals surface area (Å²) < 4.78 is 10.9. The zero-order valence-electron chi connectivity index (χ0n) is 17.7. The van der Waals surface area contributed by atoms with Gasteiger partial charge in [-0.1, -0.05) is 6.07 Å². The van der Waals surface area contributed by atoms with Gasteiger partial charge in [0, 0.05) is 56.6 Å². The number of nitrogens with one attached hydrogen (secondary N) is 1. The Labute approximate surface area is 187 Å². The minimum Gasteiger partial charge on any atom is -0.493 e. The van der Waals surface area contributed by atoms with Gasteiger partial charge in [-0.15, -0.1) is 0 Å². The molecule has 162 valence electrons. The number of thiocarbonyl (C=S) groups is 1.